The molecule has 0 spiro atoms. The van der Waals surface area contributed by atoms with Crippen molar-refractivity contribution < 1.29 is 14.3 Å². The Labute approximate surface area is 124 Å². The van der Waals surface area contributed by atoms with Crippen LogP contribution in [0.1, 0.15) is 61.1 Å². The average Bonchev–Trinajstić information content (AvgIpc) is 2.36. The molecule has 5 nitrogen and oxygen atoms in total. The molecule has 1 unspecified atom stereocenters. The molecule has 0 saturated carbocycles. The summed E-state index contributed by atoms with van der Waals surface area (Å²) in [5.74, 6) is -0.426. The molecule has 1 aliphatic carbocycles. The number of alkyl carbamates (subject to hydrolysis) is 1. The molecule has 5 heteroatoms. The summed E-state index contributed by atoms with van der Waals surface area (Å²) in [5, 5.41) is 2.88. The molecule has 0 aromatic heterocycles. The van der Waals surface area contributed by atoms with Gasteiger partial charge < -0.3 is 15.8 Å². The Balaban J connectivity index is 2.21. The molecule has 114 valence electrons. The molecule has 1 aliphatic rings. The minimum Gasteiger partial charge on any atom is -0.444 e. The van der Waals surface area contributed by atoms with Crippen molar-refractivity contribution in [2.24, 2.45) is 5.73 Å². The second kappa shape index (κ2) is 5.76. The lowest BCUT2D eigenvalue weighted by Crippen LogP contribution is -2.36. The Bertz CT molecular complexity index is 561. The van der Waals surface area contributed by atoms with Crippen LogP contribution in [0.4, 0.5) is 4.79 Å². The average molecular weight is 290 g/mol. The minimum atomic E-state index is -0.531. The van der Waals surface area contributed by atoms with Crippen LogP contribution >= 0.6 is 0 Å². The van der Waals surface area contributed by atoms with Crippen molar-refractivity contribution in [2.75, 3.05) is 0 Å². The van der Waals surface area contributed by atoms with E-state index in [0.717, 1.165) is 30.4 Å². The lowest BCUT2D eigenvalue weighted by Gasteiger charge is -2.29. The third-order valence-corrected chi connectivity index (χ3v) is 3.46. The Morgan fingerprint density at radius 3 is 2.67 bits per heavy atom. The van der Waals surface area contributed by atoms with E-state index >= 15 is 0 Å². The number of benzene rings is 1. The standard InChI is InChI=1S/C16H22N2O3/c1-16(2,3)21-15(20)18-13-9-5-6-10-11(13)7-4-8-12(10)14(17)19/h4,7-8,13H,5-6,9H2,1-3H3,(H2,17,19)(H,18,20). The van der Waals surface area contributed by atoms with E-state index in [4.69, 9.17) is 10.5 Å². The van der Waals surface area contributed by atoms with E-state index < -0.39 is 17.6 Å². The molecule has 21 heavy (non-hydrogen) atoms. The van der Waals surface area contributed by atoms with Gasteiger partial charge in [0.05, 0.1) is 6.04 Å². The van der Waals surface area contributed by atoms with Crippen molar-refractivity contribution in [3.05, 3.63) is 34.9 Å². The predicted molar refractivity (Wildman–Crippen MR) is 80.0 cm³/mol. The summed E-state index contributed by atoms with van der Waals surface area (Å²) < 4.78 is 5.29. The zero-order valence-electron chi connectivity index (χ0n) is 12.7. The van der Waals surface area contributed by atoms with Gasteiger partial charge in [0.15, 0.2) is 0 Å². The van der Waals surface area contributed by atoms with Crippen molar-refractivity contribution in [3.8, 4) is 0 Å². The second-order valence-corrected chi connectivity index (χ2v) is 6.33. The molecular weight excluding hydrogens is 268 g/mol. The molecule has 2 rings (SSSR count). The summed E-state index contributed by atoms with van der Waals surface area (Å²) in [7, 11) is 0. The van der Waals surface area contributed by atoms with Gasteiger partial charge in [0, 0.05) is 5.56 Å². The van der Waals surface area contributed by atoms with Crippen molar-refractivity contribution in [2.45, 2.75) is 51.7 Å². The predicted octanol–water partition coefficient (Wildman–Crippen LogP) is 2.69. The van der Waals surface area contributed by atoms with Crippen LogP contribution in [0, 0.1) is 0 Å². The largest absolute Gasteiger partial charge is 0.444 e. The number of nitrogens with one attached hydrogen (secondary N) is 1. The zero-order valence-corrected chi connectivity index (χ0v) is 12.7. The van der Waals surface area contributed by atoms with Crippen LogP contribution in [0.15, 0.2) is 18.2 Å². The number of carbonyl (C=O) groups excluding carboxylic acids is 2. The van der Waals surface area contributed by atoms with Gasteiger partial charge in [-0.25, -0.2) is 4.79 Å². The van der Waals surface area contributed by atoms with Crippen molar-refractivity contribution in [3.63, 3.8) is 0 Å². The highest BCUT2D eigenvalue weighted by molar-refractivity contribution is 5.94. The van der Waals surface area contributed by atoms with Crippen LogP contribution < -0.4 is 11.1 Å². The molecule has 1 atom stereocenters. The number of carbonyl (C=O) groups is 2. The molecule has 1 aromatic rings. The van der Waals surface area contributed by atoms with Gasteiger partial charge in [-0.15, -0.1) is 0 Å². The number of ether oxygens (including phenoxy) is 1. The lowest BCUT2D eigenvalue weighted by atomic mass is 9.84. The molecule has 0 bridgehead atoms. The summed E-state index contributed by atoms with van der Waals surface area (Å²) in [6.45, 7) is 5.48. The summed E-state index contributed by atoms with van der Waals surface area (Å²) in [5.41, 5.74) is 7.33. The van der Waals surface area contributed by atoms with Crippen molar-refractivity contribution >= 4 is 12.0 Å². The van der Waals surface area contributed by atoms with Gasteiger partial charge in [0.1, 0.15) is 5.60 Å². The number of hydrogen-bond donors (Lipinski definition) is 2. The summed E-state index contributed by atoms with van der Waals surface area (Å²) in [6.07, 6.45) is 2.09. The van der Waals surface area contributed by atoms with E-state index in [2.05, 4.69) is 5.32 Å². The van der Waals surface area contributed by atoms with Gasteiger partial charge in [-0.1, -0.05) is 12.1 Å². The first-order chi connectivity index (χ1) is 9.78. The molecule has 0 aliphatic heterocycles. The fraction of sp³-hybridized carbons (Fsp3) is 0.500. The molecule has 0 heterocycles. The number of primary amides is 1. The zero-order chi connectivity index (χ0) is 15.6. The highest BCUT2D eigenvalue weighted by atomic mass is 16.6. The number of nitrogens with two attached hydrogens (primary N) is 1. The van der Waals surface area contributed by atoms with E-state index in [1.807, 2.05) is 26.8 Å². The smallest absolute Gasteiger partial charge is 0.408 e. The van der Waals surface area contributed by atoms with Crippen molar-refractivity contribution in [1.82, 2.24) is 5.32 Å². The lowest BCUT2D eigenvalue weighted by molar-refractivity contribution is 0.0498. The quantitative estimate of drug-likeness (QED) is 0.878. The number of fused-ring (bicyclic) bond motifs is 1. The fourth-order valence-electron chi connectivity index (χ4n) is 2.68. The highest BCUT2D eigenvalue weighted by Gasteiger charge is 2.26. The summed E-state index contributed by atoms with van der Waals surface area (Å²) >= 11 is 0. The molecule has 0 fully saturated rings. The highest BCUT2D eigenvalue weighted by Crippen LogP contribution is 2.32. The van der Waals surface area contributed by atoms with Gasteiger partial charge in [-0.3, -0.25) is 4.79 Å². The Morgan fingerprint density at radius 2 is 2.05 bits per heavy atom. The van der Waals surface area contributed by atoms with Gasteiger partial charge in [-0.05, 0) is 57.2 Å². The number of amides is 2. The van der Waals surface area contributed by atoms with Crippen LogP contribution in [0.2, 0.25) is 0 Å². The van der Waals surface area contributed by atoms with Gasteiger partial charge >= 0.3 is 6.09 Å². The first kappa shape index (κ1) is 15.4. The molecular formula is C16H22N2O3. The summed E-state index contributed by atoms with van der Waals surface area (Å²) in [6, 6.07) is 5.33. The molecule has 3 N–H and O–H groups in total. The van der Waals surface area contributed by atoms with Gasteiger partial charge in [-0.2, -0.15) is 0 Å². The van der Waals surface area contributed by atoms with Crippen molar-refractivity contribution in [1.29, 1.82) is 0 Å². The number of rotatable bonds is 2. The van der Waals surface area contributed by atoms with E-state index in [1.54, 1.807) is 12.1 Å². The third kappa shape index (κ3) is 3.74. The maximum atomic E-state index is 11.9. The SMILES string of the molecule is CC(C)(C)OC(=O)NC1CCCc2c(C(N)=O)cccc21. The molecule has 1 aromatic carbocycles. The van der Waals surface area contributed by atoms with E-state index in [9.17, 15) is 9.59 Å². The van der Waals surface area contributed by atoms with Gasteiger partial charge in [0.25, 0.3) is 0 Å². The third-order valence-electron chi connectivity index (χ3n) is 3.46. The van der Waals surface area contributed by atoms with Gasteiger partial charge in [0.2, 0.25) is 5.91 Å². The Kier molecular flexibility index (Phi) is 4.21. The Morgan fingerprint density at radius 1 is 1.33 bits per heavy atom. The van der Waals surface area contributed by atoms with E-state index in [0.29, 0.717) is 5.56 Å². The molecule has 2 amide bonds. The molecule has 0 radical (unpaired) electrons. The summed E-state index contributed by atoms with van der Waals surface area (Å²) in [4.78, 5) is 23.4. The van der Waals surface area contributed by atoms with Crippen LogP contribution in [0.5, 0.6) is 0 Å². The van der Waals surface area contributed by atoms with E-state index in [1.165, 1.54) is 0 Å². The first-order valence-corrected chi connectivity index (χ1v) is 7.19. The van der Waals surface area contributed by atoms with Crippen LogP contribution in [-0.2, 0) is 11.2 Å². The normalized spacial score (nSPS) is 17.8. The monoisotopic (exact) mass is 290 g/mol. The Hall–Kier alpha value is -2.04. The van der Waals surface area contributed by atoms with Crippen LogP contribution in [0.3, 0.4) is 0 Å². The minimum absolute atomic E-state index is 0.136. The fourth-order valence-corrected chi connectivity index (χ4v) is 2.68. The topological polar surface area (TPSA) is 81.4 Å². The first-order valence-electron chi connectivity index (χ1n) is 7.19. The maximum absolute atomic E-state index is 11.9. The van der Waals surface area contributed by atoms with E-state index in [-0.39, 0.29) is 6.04 Å². The maximum Gasteiger partial charge on any atom is 0.408 e. The number of hydrogen-bond acceptors (Lipinski definition) is 3. The van der Waals surface area contributed by atoms with Crippen LogP contribution in [0.25, 0.3) is 0 Å². The molecule has 0 saturated heterocycles. The van der Waals surface area contributed by atoms with Crippen LogP contribution in [-0.4, -0.2) is 17.6 Å². The second-order valence-electron chi connectivity index (χ2n) is 6.33.